The van der Waals surface area contributed by atoms with E-state index in [0.717, 1.165) is 12.0 Å². The van der Waals surface area contributed by atoms with E-state index in [0.29, 0.717) is 0 Å². The first kappa shape index (κ1) is 17.1. The maximum atomic E-state index is 11.8. The highest BCUT2D eigenvalue weighted by molar-refractivity contribution is 5.76. The number of carbonyl (C=O) groups is 1. The van der Waals surface area contributed by atoms with Crippen molar-refractivity contribution >= 4 is 11.7 Å². The smallest absolute Gasteiger partial charge is 0.323 e. The summed E-state index contributed by atoms with van der Waals surface area (Å²) in [5, 5.41) is 13.9. The van der Waals surface area contributed by atoms with Crippen molar-refractivity contribution in [2.75, 3.05) is 7.11 Å². The molecule has 0 saturated carbocycles. The van der Waals surface area contributed by atoms with E-state index < -0.39 is 11.0 Å². The lowest BCUT2D eigenvalue weighted by Gasteiger charge is -2.26. The number of esters is 1. The number of ether oxygens (including phenoxy) is 1. The summed E-state index contributed by atoms with van der Waals surface area (Å²) >= 11 is 0. The zero-order valence-electron chi connectivity index (χ0n) is 12.8. The molecule has 21 heavy (non-hydrogen) atoms. The van der Waals surface area contributed by atoms with Gasteiger partial charge in [-0.05, 0) is 18.4 Å². The molecule has 0 bridgehead atoms. The van der Waals surface area contributed by atoms with Gasteiger partial charge in [0.05, 0.1) is 12.0 Å². The number of nitrogens with zero attached hydrogens (tertiary/aromatic N) is 1. The van der Waals surface area contributed by atoms with Gasteiger partial charge < -0.3 is 4.74 Å². The standard InChI is InChI=1S/C15H22N2O4/c1-5-10(2)14(15(18)21-4)16-11(3)12-6-8-13(9-7-12)17(19)20/h6-11,14,16H,5H2,1-4H3. The molecular formula is C15H22N2O4. The van der Waals surface area contributed by atoms with Crippen molar-refractivity contribution in [2.45, 2.75) is 39.3 Å². The molecule has 3 unspecified atom stereocenters. The number of methoxy groups -OCH3 is 1. The van der Waals surface area contributed by atoms with Crippen LogP contribution in [0.25, 0.3) is 0 Å². The van der Waals surface area contributed by atoms with Gasteiger partial charge in [-0.2, -0.15) is 0 Å². The summed E-state index contributed by atoms with van der Waals surface area (Å²) in [5.74, 6) is -0.156. The second kappa shape index (κ2) is 7.73. The Labute approximate surface area is 124 Å². The second-order valence-corrected chi connectivity index (χ2v) is 5.12. The number of benzene rings is 1. The van der Waals surface area contributed by atoms with Crippen molar-refractivity contribution in [3.63, 3.8) is 0 Å². The van der Waals surface area contributed by atoms with Crippen LogP contribution in [0, 0.1) is 16.0 Å². The van der Waals surface area contributed by atoms with Crippen LogP contribution >= 0.6 is 0 Å². The molecular weight excluding hydrogens is 272 g/mol. The summed E-state index contributed by atoms with van der Waals surface area (Å²) in [4.78, 5) is 22.1. The molecule has 0 spiro atoms. The van der Waals surface area contributed by atoms with Gasteiger partial charge in [0, 0.05) is 18.2 Å². The molecule has 3 atom stereocenters. The number of rotatable bonds is 7. The van der Waals surface area contributed by atoms with E-state index in [-0.39, 0.29) is 23.6 Å². The summed E-state index contributed by atoms with van der Waals surface area (Å²) < 4.78 is 4.83. The van der Waals surface area contributed by atoms with Crippen LogP contribution in [0.1, 0.15) is 38.8 Å². The van der Waals surface area contributed by atoms with E-state index in [1.807, 2.05) is 20.8 Å². The molecule has 0 amide bonds. The molecule has 1 rings (SSSR count). The highest BCUT2D eigenvalue weighted by atomic mass is 16.6. The third-order valence-corrected chi connectivity index (χ3v) is 3.70. The maximum Gasteiger partial charge on any atom is 0.323 e. The molecule has 1 N–H and O–H groups in total. The predicted molar refractivity (Wildman–Crippen MR) is 79.9 cm³/mol. The van der Waals surface area contributed by atoms with E-state index in [2.05, 4.69) is 5.32 Å². The molecule has 6 nitrogen and oxygen atoms in total. The van der Waals surface area contributed by atoms with E-state index in [9.17, 15) is 14.9 Å². The van der Waals surface area contributed by atoms with Crippen LogP contribution in [0.5, 0.6) is 0 Å². The largest absolute Gasteiger partial charge is 0.468 e. The third-order valence-electron chi connectivity index (χ3n) is 3.70. The minimum absolute atomic E-state index is 0.0531. The van der Waals surface area contributed by atoms with Gasteiger partial charge in [0.2, 0.25) is 0 Å². The van der Waals surface area contributed by atoms with E-state index in [4.69, 9.17) is 4.74 Å². The zero-order chi connectivity index (χ0) is 16.0. The lowest BCUT2D eigenvalue weighted by atomic mass is 9.97. The summed E-state index contributed by atoms with van der Waals surface area (Å²) in [6, 6.07) is 5.81. The first-order chi connectivity index (χ1) is 9.90. The van der Waals surface area contributed by atoms with Crippen LogP contribution in [-0.2, 0) is 9.53 Å². The molecule has 0 aliphatic rings. The van der Waals surface area contributed by atoms with E-state index >= 15 is 0 Å². The first-order valence-electron chi connectivity index (χ1n) is 6.98. The number of carbonyl (C=O) groups excluding carboxylic acids is 1. The lowest BCUT2D eigenvalue weighted by molar-refractivity contribution is -0.384. The van der Waals surface area contributed by atoms with Gasteiger partial charge in [-0.25, -0.2) is 0 Å². The number of hydrogen-bond donors (Lipinski definition) is 1. The van der Waals surface area contributed by atoms with Gasteiger partial charge in [0.15, 0.2) is 0 Å². The molecule has 116 valence electrons. The number of hydrogen-bond acceptors (Lipinski definition) is 5. The fraction of sp³-hybridized carbons (Fsp3) is 0.533. The van der Waals surface area contributed by atoms with Crippen molar-refractivity contribution < 1.29 is 14.5 Å². The van der Waals surface area contributed by atoms with Crippen LogP contribution in [0.2, 0.25) is 0 Å². The molecule has 0 radical (unpaired) electrons. The van der Waals surface area contributed by atoms with Gasteiger partial charge in [0.25, 0.3) is 5.69 Å². The average molecular weight is 294 g/mol. The number of non-ortho nitro benzene ring substituents is 1. The lowest BCUT2D eigenvalue weighted by Crippen LogP contribution is -2.43. The van der Waals surface area contributed by atoms with Crippen LogP contribution < -0.4 is 5.32 Å². The average Bonchev–Trinajstić information content (AvgIpc) is 2.50. The van der Waals surface area contributed by atoms with Crippen LogP contribution in [0.15, 0.2) is 24.3 Å². The summed E-state index contributed by atoms with van der Waals surface area (Å²) in [6.07, 6.45) is 0.847. The Kier molecular flexibility index (Phi) is 6.30. The molecule has 0 heterocycles. The maximum absolute atomic E-state index is 11.8. The Hall–Kier alpha value is -1.95. The van der Waals surface area contributed by atoms with Crippen molar-refractivity contribution in [1.82, 2.24) is 5.32 Å². The molecule has 0 aliphatic carbocycles. The minimum atomic E-state index is -0.432. The summed E-state index contributed by atoms with van der Waals surface area (Å²) in [6.45, 7) is 5.91. The summed E-state index contributed by atoms with van der Waals surface area (Å²) in [5.41, 5.74) is 0.940. The number of nitrogens with one attached hydrogen (secondary N) is 1. The Morgan fingerprint density at radius 1 is 1.33 bits per heavy atom. The molecule has 0 aromatic heterocycles. The molecule has 6 heteroatoms. The first-order valence-corrected chi connectivity index (χ1v) is 6.98. The Morgan fingerprint density at radius 2 is 1.90 bits per heavy atom. The topological polar surface area (TPSA) is 81.5 Å². The SMILES string of the molecule is CCC(C)C(NC(C)c1ccc([N+](=O)[O-])cc1)C(=O)OC. The molecule has 1 aromatic rings. The minimum Gasteiger partial charge on any atom is -0.468 e. The molecule has 0 fully saturated rings. The fourth-order valence-corrected chi connectivity index (χ4v) is 2.08. The van der Waals surface area contributed by atoms with Crippen molar-refractivity contribution in [2.24, 2.45) is 5.92 Å². The van der Waals surface area contributed by atoms with Crippen molar-refractivity contribution in [1.29, 1.82) is 0 Å². The van der Waals surface area contributed by atoms with Crippen LogP contribution in [0.3, 0.4) is 0 Å². The molecule has 0 saturated heterocycles. The normalized spacial score (nSPS) is 15.0. The van der Waals surface area contributed by atoms with Crippen LogP contribution in [0.4, 0.5) is 5.69 Å². The third kappa shape index (κ3) is 4.53. The van der Waals surface area contributed by atoms with E-state index in [1.54, 1.807) is 12.1 Å². The quantitative estimate of drug-likeness (QED) is 0.475. The number of nitro groups is 1. The van der Waals surface area contributed by atoms with Gasteiger partial charge in [-0.3, -0.25) is 20.2 Å². The van der Waals surface area contributed by atoms with Crippen molar-refractivity contribution in [3.8, 4) is 0 Å². The zero-order valence-corrected chi connectivity index (χ0v) is 12.8. The predicted octanol–water partition coefficient (Wildman–Crippen LogP) is 2.83. The van der Waals surface area contributed by atoms with Crippen molar-refractivity contribution in [3.05, 3.63) is 39.9 Å². The second-order valence-electron chi connectivity index (χ2n) is 5.12. The Balaban J connectivity index is 2.83. The summed E-state index contributed by atoms with van der Waals surface area (Å²) in [7, 11) is 1.37. The van der Waals surface area contributed by atoms with E-state index in [1.165, 1.54) is 19.2 Å². The highest BCUT2D eigenvalue weighted by Gasteiger charge is 2.26. The highest BCUT2D eigenvalue weighted by Crippen LogP contribution is 2.20. The Morgan fingerprint density at radius 3 is 2.33 bits per heavy atom. The molecule has 0 aliphatic heterocycles. The van der Waals surface area contributed by atoms with Gasteiger partial charge in [-0.15, -0.1) is 0 Å². The Bertz CT molecular complexity index is 487. The number of nitro benzene ring substituents is 1. The van der Waals surface area contributed by atoms with Gasteiger partial charge in [-0.1, -0.05) is 32.4 Å². The van der Waals surface area contributed by atoms with Gasteiger partial charge >= 0.3 is 5.97 Å². The fourth-order valence-electron chi connectivity index (χ4n) is 2.08. The monoisotopic (exact) mass is 294 g/mol. The van der Waals surface area contributed by atoms with Gasteiger partial charge in [0.1, 0.15) is 6.04 Å². The van der Waals surface area contributed by atoms with Crippen LogP contribution in [-0.4, -0.2) is 24.0 Å². The molecule has 1 aromatic carbocycles.